The molecule has 7 N–H and O–H groups in total. The third-order valence-corrected chi connectivity index (χ3v) is 14.9. The maximum absolute atomic E-state index is 11.3. The zero-order chi connectivity index (χ0) is 50.6. The molecule has 13 nitrogen and oxygen atoms in total. The van der Waals surface area contributed by atoms with E-state index in [-0.39, 0.29) is 13.2 Å². The summed E-state index contributed by atoms with van der Waals surface area (Å²) in [7, 11) is 0. The van der Waals surface area contributed by atoms with Crippen molar-refractivity contribution in [2.75, 3.05) is 39.6 Å². The molecule has 2 rings (SSSR count). The van der Waals surface area contributed by atoms with Gasteiger partial charge in [-0.15, -0.1) is 0 Å². The van der Waals surface area contributed by atoms with E-state index in [4.69, 9.17) is 28.4 Å². The monoisotopic (exact) mass is 977 g/mol. The van der Waals surface area contributed by atoms with Crippen LogP contribution in [-0.4, -0.2) is 143 Å². The van der Waals surface area contributed by atoms with E-state index in [1.54, 1.807) is 0 Å². The molecule has 0 aromatic heterocycles. The van der Waals surface area contributed by atoms with Gasteiger partial charge < -0.3 is 64.2 Å². The van der Waals surface area contributed by atoms with Gasteiger partial charge in [0.05, 0.1) is 26.4 Å². The minimum absolute atomic E-state index is 0.168. The first-order valence-corrected chi connectivity index (χ1v) is 27.8. The molecule has 406 valence electrons. The smallest absolute Gasteiger partial charge is 0.187 e. The van der Waals surface area contributed by atoms with Crippen molar-refractivity contribution in [2.24, 2.45) is 47.3 Å². The highest BCUT2D eigenvalue weighted by atomic mass is 16.7. The lowest BCUT2D eigenvalue weighted by atomic mass is 9.91. The molecule has 0 aliphatic carbocycles. The maximum atomic E-state index is 11.3. The molecule has 2 saturated heterocycles. The number of hydrogen-bond acceptors (Lipinski definition) is 13. The standard InChI is InChI=1S/C55H108O13/c1-37(2)17-11-19-39(5)21-13-23-41(7)25-15-27-43(9)29-31-63-35-45(36-64-32-30-44(10)28-16-26-42(8)24-14-22-40(6)20-12-18-38(3)4)65-54-52(62)50(60)53(47(34-57)67-54)68-55-51(61)49(59)48(58)46(33-56)66-55/h37-62H,11-36H2,1-10H3/t39-,40-,41-,42-,43+,44+,46-,47-,48-,49+,50-,51-,52-,53-,54-,55-/m1/s1. The van der Waals surface area contributed by atoms with Gasteiger partial charge in [-0.2, -0.15) is 0 Å². The second-order valence-corrected chi connectivity index (χ2v) is 23.0. The van der Waals surface area contributed by atoms with Crippen LogP contribution in [0, 0.1) is 47.3 Å². The zero-order valence-electron chi connectivity index (χ0n) is 44.9. The van der Waals surface area contributed by atoms with Gasteiger partial charge >= 0.3 is 0 Å². The summed E-state index contributed by atoms with van der Waals surface area (Å²) < 4.78 is 35.8. The summed E-state index contributed by atoms with van der Waals surface area (Å²) >= 11 is 0. The first kappa shape index (κ1) is 63.6. The fraction of sp³-hybridized carbons (Fsp3) is 1.00. The molecule has 0 aromatic rings. The van der Waals surface area contributed by atoms with Crippen molar-refractivity contribution in [3.05, 3.63) is 0 Å². The molecule has 0 bridgehead atoms. The third kappa shape index (κ3) is 26.4. The lowest BCUT2D eigenvalue weighted by Crippen LogP contribution is -2.65. The zero-order valence-corrected chi connectivity index (χ0v) is 44.9. The van der Waals surface area contributed by atoms with Crippen molar-refractivity contribution < 1.29 is 64.2 Å². The second-order valence-electron chi connectivity index (χ2n) is 23.0. The largest absolute Gasteiger partial charge is 0.394 e. The predicted octanol–water partition coefficient (Wildman–Crippen LogP) is 8.96. The average Bonchev–Trinajstić information content (AvgIpc) is 3.28. The van der Waals surface area contributed by atoms with Gasteiger partial charge in [0.15, 0.2) is 12.6 Å². The summed E-state index contributed by atoms with van der Waals surface area (Å²) in [6.07, 6.45) is 9.01. The van der Waals surface area contributed by atoms with Crippen LogP contribution < -0.4 is 0 Å². The number of hydrogen-bond donors (Lipinski definition) is 7. The van der Waals surface area contributed by atoms with Gasteiger partial charge in [-0.1, -0.05) is 185 Å². The van der Waals surface area contributed by atoms with Gasteiger partial charge in [0.2, 0.25) is 0 Å². The van der Waals surface area contributed by atoms with Gasteiger partial charge in [-0.25, -0.2) is 0 Å². The van der Waals surface area contributed by atoms with Gasteiger partial charge in [-0.3, -0.25) is 0 Å². The van der Waals surface area contributed by atoms with Crippen LogP contribution in [0.3, 0.4) is 0 Å². The summed E-state index contributed by atoms with van der Waals surface area (Å²) in [6.45, 7) is 23.5. The van der Waals surface area contributed by atoms with Gasteiger partial charge in [0, 0.05) is 13.2 Å². The lowest BCUT2D eigenvalue weighted by Gasteiger charge is -2.46. The summed E-state index contributed by atoms with van der Waals surface area (Å²) in [5.41, 5.74) is 0. The van der Waals surface area contributed by atoms with E-state index in [0.717, 1.165) is 61.2 Å². The highest BCUT2D eigenvalue weighted by Gasteiger charge is 2.51. The van der Waals surface area contributed by atoms with Crippen LogP contribution in [0.4, 0.5) is 0 Å². The molecule has 0 aromatic carbocycles. The Morgan fingerprint density at radius 3 is 1.09 bits per heavy atom. The van der Waals surface area contributed by atoms with Gasteiger partial charge in [0.1, 0.15) is 54.9 Å². The quantitative estimate of drug-likeness (QED) is 0.0288. The van der Waals surface area contributed by atoms with Gasteiger partial charge in [-0.05, 0) is 60.2 Å². The minimum atomic E-state index is -1.75. The summed E-state index contributed by atoms with van der Waals surface area (Å²) in [6, 6.07) is 0. The molecule has 2 fully saturated rings. The van der Waals surface area contributed by atoms with Crippen LogP contribution >= 0.6 is 0 Å². The van der Waals surface area contributed by atoms with Crippen molar-refractivity contribution in [1.82, 2.24) is 0 Å². The molecule has 2 heterocycles. The molecule has 2 aliphatic heterocycles. The average molecular weight is 977 g/mol. The normalized spacial score (nSPS) is 29.0. The predicted molar refractivity (Wildman–Crippen MR) is 270 cm³/mol. The van der Waals surface area contributed by atoms with E-state index in [0.29, 0.717) is 25.0 Å². The van der Waals surface area contributed by atoms with E-state index in [1.807, 2.05) is 0 Å². The van der Waals surface area contributed by atoms with E-state index >= 15 is 0 Å². The number of aliphatic hydroxyl groups is 7. The molecule has 0 saturated carbocycles. The Kier molecular flexibility index (Phi) is 34.1. The van der Waals surface area contributed by atoms with Crippen LogP contribution in [-0.2, 0) is 28.4 Å². The van der Waals surface area contributed by atoms with E-state index < -0.39 is 80.7 Å². The molecule has 13 heteroatoms. The highest BCUT2D eigenvalue weighted by molar-refractivity contribution is 4.94. The fourth-order valence-corrected chi connectivity index (χ4v) is 9.86. The third-order valence-electron chi connectivity index (χ3n) is 14.9. The fourth-order valence-electron chi connectivity index (χ4n) is 9.86. The number of ether oxygens (including phenoxy) is 6. The Morgan fingerprint density at radius 1 is 0.382 bits per heavy atom. The Balaban J connectivity index is 1.88. The van der Waals surface area contributed by atoms with E-state index in [9.17, 15) is 35.7 Å². The number of aliphatic hydroxyl groups excluding tert-OH is 7. The topological polar surface area (TPSA) is 197 Å². The van der Waals surface area contributed by atoms with E-state index in [1.165, 1.54) is 103 Å². The van der Waals surface area contributed by atoms with Crippen LogP contribution in [0.5, 0.6) is 0 Å². The van der Waals surface area contributed by atoms with Crippen molar-refractivity contribution >= 4 is 0 Å². The molecule has 0 amide bonds. The minimum Gasteiger partial charge on any atom is -0.394 e. The summed E-state index contributed by atoms with van der Waals surface area (Å²) in [4.78, 5) is 0. The summed E-state index contributed by atoms with van der Waals surface area (Å²) in [5, 5.41) is 73.4. The second kappa shape index (κ2) is 36.4. The molecule has 0 radical (unpaired) electrons. The molecular weight excluding hydrogens is 869 g/mol. The first-order valence-electron chi connectivity index (χ1n) is 27.8. The van der Waals surface area contributed by atoms with Crippen LogP contribution in [0.15, 0.2) is 0 Å². The lowest BCUT2D eigenvalue weighted by molar-refractivity contribution is -0.364. The number of rotatable bonds is 40. The van der Waals surface area contributed by atoms with Crippen molar-refractivity contribution in [1.29, 1.82) is 0 Å². The molecule has 0 spiro atoms. The highest BCUT2D eigenvalue weighted by Crippen LogP contribution is 2.31. The molecular formula is C55H108O13. The van der Waals surface area contributed by atoms with Crippen molar-refractivity contribution in [3.8, 4) is 0 Å². The van der Waals surface area contributed by atoms with Crippen molar-refractivity contribution in [3.63, 3.8) is 0 Å². The molecule has 68 heavy (non-hydrogen) atoms. The van der Waals surface area contributed by atoms with Gasteiger partial charge in [0.25, 0.3) is 0 Å². The van der Waals surface area contributed by atoms with E-state index in [2.05, 4.69) is 69.2 Å². The van der Waals surface area contributed by atoms with Crippen molar-refractivity contribution in [2.45, 2.75) is 265 Å². The van der Waals surface area contributed by atoms with Crippen LogP contribution in [0.1, 0.15) is 198 Å². The van der Waals surface area contributed by atoms with Crippen LogP contribution in [0.2, 0.25) is 0 Å². The molecule has 0 unspecified atom stereocenters. The molecule has 16 atom stereocenters. The molecule has 2 aliphatic rings. The Labute approximate surface area is 415 Å². The van der Waals surface area contributed by atoms with Crippen LogP contribution in [0.25, 0.3) is 0 Å². The Bertz CT molecular complexity index is 1140. The first-order chi connectivity index (χ1) is 32.4. The Morgan fingerprint density at radius 2 is 0.721 bits per heavy atom. The Hall–Kier alpha value is -0.520. The maximum Gasteiger partial charge on any atom is 0.187 e. The summed E-state index contributed by atoms with van der Waals surface area (Å²) in [5.74, 6) is 5.70. The SMILES string of the molecule is CC(C)CCC[C@@H](C)CCC[C@@H](C)CCC[C@H](C)CCOCC(COCC[C@@H](C)CCC[C@H](C)CCC[C@H](C)CCCC(C)C)O[C@@H]1O[C@H](CO)[C@@H](O[C@H]2O[C@H](CO)[C@@H](O)[C@H](O)[C@H]2O)[C@H](O)[C@H]1O.